The Balaban J connectivity index is 1.46. The number of piperazine rings is 1. The fourth-order valence-electron chi connectivity index (χ4n) is 4.88. The highest BCUT2D eigenvalue weighted by Crippen LogP contribution is 2.40. The summed E-state index contributed by atoms with van der Waals surface area (Å²) in [7, 11) is 3.70. The van der Waals surface area contributed by atoms with E-state index in [1.807, 2.05) is 73.2 Å². The van der Waals surface area contributed by atoms with E-state index >= 15 is 0 Å². The third kappa shape index (κ3) is 4.58. The van der Waals surface area contributed by atoms with Crippen LogP contribution in [-0.2, 0) is 0 Å². The van der Waals surface area contributed by atoms with Crippen molar-refractivity contribution in [2.45, 2.75) is 19.9 Å². The van der Waals surface area contributed by atoms with E-state index in [-0.39, 0.29) is 17.9 Å². The highest BCUT2D eigenvalue weighted by Gasteiger charge is 2.28. The van der Waals surface area contributed by atoms with Gasteiger partial charge in [0.05, 0.1) is 41.1 Å². The van der Waals surface area contributed by atoms with Crippen molar-refractivity contribution in [3.05, 3.63) is 65.9 Å². The quantitative estimate of drug-likeness (QED) is 0.547. The maximum atomic E-state index is 13.2. The minimum atomic E-state index is -0.0820. The molecule has 2 N–H and O–H groups in total. The maximum absolute atomic E-state index is 13.2. The van der Waals surface area contributed by atoms with E-state index in [1.54, 1.807) is 24.2 Å². The topological polar surface area (TPSA) is 90.0 Å². The lowest BCUT2D eigenvalue weighted by molar-refractivity contribution is 0.0655. The molecule has 9 nitrogen and oxygen atoms in total. The minimum Gasteiger partial charge on any atom is -0.492 e. The van der Waals surface area contributed by atoms with Crippen LogP contribution in [0, 0.1) is 0 Å². The Morgan fingerprint density at radius 1 is 1.11 bits per heavy atom. The van der Waals surface area contributed by atoms with Gasteiger partial charge in [-0.3, -0.25) is 9.59 Å². The van der Waals surface area contributed by atoms with Gasteiger partial charge in [-0.15, -0.1) is 0 Å². The van der Waals surface area contributed by atoms with E-state index in [0.717, 1.165) is 24.5 Å². The molecule has 0 saturated carbocycles. The van der Waals surface area contributed by atoms with E-state index in [9.17, 15) is 9.59 Å². The SMILES string of the molecule is CCOc1cc(C(=O)N2CCNC[C@H]2C)ccc1Nc1cc2c(cn1)N(C)C(=O)c1ccccc1N2C. The molecule has 2 aromatic carbocycles. The Labute approximate surface area is 217 Å². The Hall–Kier alpha value is -4.11. The first kappa shape index (κ1) is 24.6. The first-order valence-electron chi connectivity index (χ1n) is 12.6. The largest absolute Gasteiger partial charge is 0.492 e. The van der Waals surface area contributed by atoms with Crippen molar-refractivity contribution >= 4 is 40.4 Å². The van der Waals surface area contributed by atoms with Crippen LogP contribution >= 0.6 is 0 Å². The van der Waals surface area contributed by atoms with Crippen LogP contribution in [0.3, 0.4) is 0 Å². The van der Waals surface area contributed by atoms with Gasteiger partial charge in [-0.05, 0) is 44.2 Å². The average molecular weight is 501 g/mol. The highest BCUT2D eigenvalue weighted by atomic mass is 16.5. The zero-order valence-corrected chi connectivity index (χ0v) is 21.6. The van der Waals surface area contributed by atoms with Crippen LogP contribution < -0.4 is 25.2 Å². The summed E-state index contributed by atoms with van der Waals surface area (Å²) in [6.07, 6.45) is 1.70. The summed E-state index contributed by atoms with van der Waals surface area (Å²) >= 11 is 0. The number of nitrogens with zero attached hydrogens (tertiary/aromatic N) is 4. The molecule has 1 fully saturated rings. The zero-order valence-electron chi connectivity index (χ0n) is 21.6. The fraction of sp³-hybridized carbons (Fsp3) is 0.321. The van der Waals surface area contributed by atoms with Crippen LogP contribution in [0.25, 0.3) is 0 Å². The average Bonchev–Trinajstić information content (AvgIpc) is 2.99. The number of hydrogen-bond acceptors (Lipinski definition) is 7. The standard InChI is InChI=1S/C28H32N6O3/c1-5-37-25-14-19(27(35)34-13-12-29-16-18(34)2)10-11-21(25)31-26-15-23-24(17-30-26)33(4)28(36)20-8-6-7-9-22(20)32(23)3/h6-11,14-15,17-18,29H,5,12-13,16H2,1-4H3,(H,30,31)/t18-/m1/s1. The number of rotatable bonds is 5. The molecule has 3 aromatic rings. The molecule has 0 radical (unpaired) electrons. The van der Waals surface area contributed by atoms with Crippen molar-refractivity contribution in [1.82, 2.24) is 15.2 Å². The normalized spacial score (nSPS) is 17.1. The van der Waals surface area contributed by atoms with Crippen LogP contribution in [0.15, 0.2) is 54.7 Å². The molecule has 2 amide bonds. The second kappa shape index (κ2) is 10.1. The summed E-state index contributed by atoms with van der Waals surface area (Å²) in [6.45, 7) is 6.67. The molecule has 5 rings (SSSR count). The molecule has 1 saturated heterocycles. The van der Waals surface area contributed by atoms with E-state index in [4.69, 9.17) is 4.74 Å². The van der Waals surface area contributed by atoms with Gasteiger partial charge in [0.1, 0.15) is 11.6 Å². The summed E-state index contributed by atoms with van der Waals surface area (Å²) in [5.41, 5.74) is 4.32. The van der Waals surface area contributed by atoms with Crippen molar-refractivity contribution in [3.63, 3.8) is 0 Å². The van der Waals surface area contributed by atoms with Gasteiger partial charge in [0.2, 0.25) is 0 Å². The molecule has 0 bridgehead atoms. The number of aromatic nitrogens is 1. The number of benzene rings is 2. The maximum Gasteiger partial charge on any atom is 0.260 e. The highest BCUT2D eigenvalue weighted by molar-refractivity contribution is 6.13. The summed E-state index contributed by atoms with van der Waals surface area (Å²) < 4.78 is 5.91. The van der Waals surface area contributed by atoms with Gasteiger partial charge >= 0.3 is 0 Å². The molecule has 0 aliphatic carbocycles. The third-order valence-corrected chi connectivity index (χ3v) is 6.94. The van der Waals surface area contributed by atoms with Gasteiger partial charge in [-0.1, -0.05) is 12.1 Å². The summed E-state index contributed by atoms with van der Waals surface area (Å²) in [6, 6.07) is 15.1. The second-order valence-corrected chi connectivity index (χ2v) is 9.32. The molecule has 1 aromatic heterocycles. The predicted octanol–water partition coefficient (Wildman–Crippen LogP) is 4.02. The lowest BCUT2D eigenvalue weighted by Crippen LogP contribution is -2.52. The first-order chi connectivity index (χ1) is 17.9. The van der Waals surface area contributed by atoms with Crippen molar-refractivity contribution in [2.75, 3.05) is 55.5 Å². The van der Waals surface area contributed by atoms with E-state index in [1.165, 1.54) is 0 Å². The van der Waals surface area contributed by atoms with Crippen molar-refractivity contribution < 1.29 is 14.3 Å². The molecule has 2 aliphatic heterocycles. The summed E-state index contributed by atoms with van der Waals surface area (Å²) in [5, 5.41) is 6.67. The number of amides is 2. The number of carbonyl (C=O) groups excluding carboxylic acids is 2. The van der Waals surface area contributed by atoms with E-state index < -0.39 is 0 Å². The van der Waals surface area contributed by atoms with Gasteiger partial charge in [0, 0.05) is 51.4 Å². The molecule has 2 aliphatic rings. The second-order valence-electron chi connectivity index (χ2n) is 9.32. The molecule has 192 valence electrons. The number of anilines is 5. The molecule has 9 heteroatoms. The van der Waals surface area contributed by atoms with Gasteiger partial charge in [0.15, 0.2) is 0 Å². The predicted molar refractivity (Wildman–Crippen MR) is 146 cm³/mol. The third-order valence-electron chi connectivity index (χ3n) is 6.94. The zero-order chi connectivity index (χ0) is 26.1. The molecule has 37 heavy (non-hydrogen) atoms. The van der Waals surface area contributed by atoms with Gasteiger partial charge in [-0.2, -0.15) is 0 Å². The van der Waals surface area contributed by atoms with Gasteiger partial charge in [0.25, 0.3) is 11.8 Å². The van der Waals surface area contributed by atoms with Crippen LogP contribution in [0.2, 0.25) is 0 Å². The number of para-hydroxylation sites is 1. The Kier molecular flexibility index (Phi) is 6.71. The number of fused-ring (bicyclic) bond motifs is 2. The number of hydrogen-bond donors (Lipinski definition) is 2. The molecular formula is C28H32N6O3. The van der Waals surface area contributed by atoms with Gasteiger partial charge in [-0.25, -0.2) is 4.98 Å². The smallest absolute Gasteiger partial charge is 0.260 e. The van der Waals surface area contributed by atoms with Crippen molar-refractivity contribution in [2.24, 2.45) is 0 Å². The molecule has 0 spiro atoms. The lowest BCUT2D eigenvalue weighted by atomic mass is 10.1. The van der Waals surface area contributed by atoms with Crippen molar-refractivity contribution in [1.29, 1.82) is 0 Å². The molecule has 1 atom stereocenters. The molecule has 0 unspecified atom stereocenters. The molecular weight excluding hydrogens is 468 g/mol. The minimum absolute atomic E-state index is 0.00217. The van der Waals surface area contributed by atoms with Gasteiger partial charge < -0.3 is 30.1 Å². The number of carbonyl (C=O) groups is 2. The van der Waals surface area contributed by atoms with E-state index in [2.05, 4.69) is 15.6 Å². The Morgan fingerprint density at radius 3 is 2.70 bits per heavy atom. The lowest BCUT2D eigenvalue weighted by Gasteiger charge is -2.34. The van der Waals surface area contributed by atoms with E-state index in [0.29, 0.717) is 47.2 Å². The van der Waals surface area contributed by atoms with Crippen molar-refractivity contribution in [3.8, 4) is 5.75 Å². The summed E-state index contributed by atoms with van der Waals surface area (Å²) in [5.74, 6) is 1.10. The fourth-order valence-corrected chi connectivity index (χ4v) is 4.88. The summed E-state index contributed by atoms with van der Waals surface area (Å²) in [4.78, 5) is 36.4. The first-order valence-corrected chi connectivity index (χ1v) is 12.6. The number of pyridine rings is 1. The number of ether oxygens (including phenoxy) is 1. The Morgan fingerprint density at radius 2 is 1.92 bits per heavy atom. The monoisotopic (exact) mass is 500 g/mol. The number of nitrogens with one attached hydrogen (secondary N) is 2. The van der Waals surface area contributed by atoms with Crippen LogP contribution in [-0.4, -0.2) is 68.1 Å². The Bertz CT molecular complexity index is 1340. The molecule has 3 heterocycles. The van der Waals surface area contributed by atoms with Crippen LogP contribution in [0.1, 0.15) is 34.6 Å². The van der Waals surface area contributed by atoms with Crippen LogP contribution in [0.4, 0.5) is 28.6 Å². The van der Waals surface area contributed by atoms with Crippen LogP contribution in [0.5, 0.6) is 5.75 Å².